The van der Waals surface area contributed by atoms with Gasteiger partial charge in [-0.05, 0) is 43.4 Å². The minimum absolute atomic E-state index is 0. The molecule has 8 heteroatoms. The summed E-state index contributed by atoms with van der Waals surface area (Å²) in [6, 6.07) is 9.30. The summed E-state index contributed by atoms with van der Waals surface area (Å²) in [6.07, 6.45) is 8.62. The molecule has 2 aliphatic heterocycles. The molecular weight excluding hydrogens is 924 g/mol. The number of rotatable bonds is 3. The average molecular weight is 953 g/mol. The van der Waals surface area contributed by atoms with E-state index < -0.39 is 0 Å². The SMILES string of the molecule is CS[CH-]C(=O)O[C@@H]1[CH-]C2CC3c4c(c5ccccc5n4C)CCN3CC2CC1.[Re].[Rf].[Rh]. The summed E-state index contributed by atoms with van der Waals surface area (Å²) < 4.78 is 8.09. The van der Waals surface area contributed by atoms with E-state index in [2.05, 4.69) is 47.2 Å². The van der Waals surface area contributed by atoms with Gasteiger partial charge in [0.2, 0.25) is 0 Å². The fourth-order valence-electron chi connectivity index (χ4n) is 5.79. The number of thioether (sulfide) groups is 1. The van der Waals surface area contributed by atoms with Crippen LogP contribution in [0.25, 0.3) is 10.9 Å². The zero-order valence-electron chi connectivity index (χ0n) is 18.1. The molecule has 0 bridgehead atoms. The maximum absolute atomic E-state index is 11.9. The molecule has 0 spiro atoms. The molecule has 5 rings (SSSR count). The number of hydrogen-bond donors (Lipinski definition) is 0. The van der Waals surface area contributed by atoms with E-state index in [1.807, 2.05) is 6.26 Å². The van der Waals surface area contributed by atoms with Gasteiger partial charge in [-0.1, -0.05) is 37.0 Å². The number of nitrogens with zero attached hydrogens (tertiary/aromatic N) is 2. The molecule has 2 fully saturated rings. The molecule has 2 radical (unpaired) electrons. The monoisotopic (exact) mass is 953 g/mol. The molecule has 0 amide bonds. The van der Waals surface area contributed by atoms with Crippen molar-refractivity contribution in [1.82, 2.24) is 9.47 Å². The van der Waals surface area contributed by atoms with Crippen molar-refractivity contribution in [3.05, 3.63) is 47.7 Å². The fraction of sp³-hybridized carbons (Fsp3) is 0.522. The topological polar surface area (TPSA) is 34.5 Å². The Morgan fingerprint density at radius 2 is 2.06 bits per heavy atom. The fourth-order valence-corrected chi connectivity index (χ4v) is 6.04. The summed E-state index contributed by atoms with van der Waals surface area (Å²) in [6.45, 7) is 2.33. The third kappa shape index (κ3) is 4.60. The summed E-state index contributed by atoms with van der Waals surface area (Å²) in [7, 11) is 2.23. The van der Waals surface area contributed by atoms with Gasteiger partial charge in [0.05, 0.1) is 0 Å². The second-order valence-corrected chi connectivity index (χ2v) is 9.17. The van der Waals surface area contributed by atoms with Gasteiger partial charge in [-0.25, -0.2) is 5.75 Å². The van der Waals surface area contributed by atoms with Crippen LogP contribution < -0.4 is 0 Å². The van der Waals surface area contributed by atoms with Gasteiger partial charge in [-0.3, -0.25) is 16.1 Å². The third-order valence-electron chi connectivity index (χ3n) is 7.00. The van der Waals surface area contributed by atoms with Crippen molar-refractivity contribution in [3.63, 3.8) is 0 Å². The quantitative estimate of drug-likeness (QED) is 0.264. The number of carbonyl (C=O) groups excluding carboxylic acids is 1. The zero-order chi connectivity index (χ0) is 19.3. The van der Waals surface area contributed by atoms with E-state index in [0.29, 0.717) is 17.9 Å². The van der Waals surface area contributed by atoms with Crippen LogP contribution in [-0.4, -0.2) is 40.9 Å². The van der Waals surface area contributed by atoms with E-state index in [-0.39, 0.29) is 52.0 Å². The third-order valence-corrected chi connectivity index (χ3v) is 7.43. The molecule has 2 aromatic rings. The van der Waals surface area contributed by atoms with Gasteiger partial charge < -0.3 is 21.1 Å². The first kappa shape index (κ1) is 26.0. The van der Waals surface area contributed by atoms with E-state index >= 15 is 0 Å². The number of fused-ring (bicyclic) bond motifs is 6. The van der Waals surface area contributed by atoms with Crippen LogP contribution in [0.15, 0.2) is 24.3 Å². The molecule has 3 heterocycles. The standard InChI is InChI=1S/C23H28N2O2S.Re.Rf.Rh/c1-24-20-6-4-3-5-18(20)19-9-10-25-13-15-7-8-17(27-22(26)14-28-2)11-16(15)12-21(25)23(19)24;;;/h3-6,11,14-17,21H,7-10,12-13H2,1-2H3;;;/q-2;;;/t15?,16?,17-,21?;;;/m0.../s1. The first-order chi connectivity index (χ1) is 13.7. The van der Waals surface area contributed by atoms with E-state index in [1.54, 1.807) is 11.3 Å². The maximum atomic E-state index is 11.9. The van der Waals surface area contributed by atoms with E-state index in [4.69, 9.17) is 4.74 Å². The second kappa shape index (κ2) is 10.5. The number of ether oxygens (including phenoxy) is 1. The van der Waals surface area contributed by atoms with Crippen LogP contribution in [0.4, 0.5) is 0 Å². The molecule has 0 N–H and O–H groups in total. The van der Waals surface area contributed by atoms with Crippen molar-refractivity contribution in [2.24, 2.45) is 18.9 Å². The number of esters is 1. The van der Waals surface area contributed by atoms with E-state index in [9.17, 15) is 4.79 Å². The number of benzene rings is 1. The molecule has 3 unspecified atom stereocenters. The summed E-state index contributed by atoms with van der Waals surface area (Å²) in [5.41, 5.74) is 4.41. The van der Waals surface area contributed by atoms with Crippen LogP contribution >= 0.6 is 11.8 Å². The molecule has 3 aliphatic rings. The molecule has 1 aromatic carbocycles. The Bertz CT molecular complexity index is 911. The van der Waals surface area contributed by atoms with Crippen molar-refractivity contribution in [1.29, 1.82) is 0 Å². The predicted molar refractivity (Wildman–Crippen MR) is 114 cm³/mol. The number of para-hydroxylation sites is 1. The van der Waals surface area contributed by atoms with Crippen molar-refractivity contribution in [3.8, 4) is 0 Å². The first-order valence-electron chi connectivity index (χ1n) is 10.4. The number of piperidine rings is 1. The Kier molecular flexibility index (Phi) is 8.82. The van der Waals surface area contributed by atoms with Crippen LogP contribution in [-0.2, 0) is 62.9 Å². The summed E-state index contributed by atoms with van der Waals surface area (Å²) in [5, 5.41) is 1.42. The number of aromatic nitrogens is 1. The molecule has 1 saturated carbocycles. The van der Waals surface area contributed by atoms with Crippen molar-refractivity contribution in [2.75, 3.05) is 19.3 Å². The van der Waals surface area contributed by atoms with Gasteiger partial charge in [0, 0.05) is 76.1 Å². The van der Waals surface area contributed by atoms with E-state index in [1.165, 1.54) is 34.9 Å². The van der Waals surface area contributed by atoms with Gasteiger partial charge in [0.1, 0.15) is 0 Å². The number of hydrogen-bond acceptors (Lipinski definition) is 4. The second-order valence-electron chi connectivity index (χ2n) is 8.46. The van der Waals surface area contributed by atoms with Crippen LogP contribution in [0.3, 0.4) is 0 Å². The van der Waals surface area contributed by atoms with Crippen molar-refractivity contribution >= 4 is 28.6 Å². The predicted octanol–water partition coefficient (Wildman–Crippen LogP) is 4.14. The molecule has 1 saturated heterocycles. The molecule has 168 valence electrons. The van der Waals surface area contributed by atoms with Gasteiger partial charge in [0.25, 0.3) is 0 Å². The number of aryl methyl sites for hydroxylation is 1. The summed E-state index contributed by atoms with van der Waals surface area (Å²) in [5.74, 6) is 2.60. The Labute approximate surface area is 210 Å². The van der Waals surface area contributed by atoms with Crippen LogP contribution in [0.1, 0.15) is 36.6 Å². The molecular formula is C23H28N2O2ReRfRhS-2. The van der Waals surface area contributed by atoms with E-state index in [0.717, 1.165) is 32.2 Å². The molecule has 1 aliphatic carbocycles. The largest absolute Gasteiger partial charge is 0.517 e. The molecule has 1 aromatic heterocycles. The van der Waals surface area contributed by atoms with Gasteiger partial charge >= 0.3 is 0 Å². The van der Waals surface area contributed by atoms with Gasteiger partial charge in [-0.15, -0.1) is 0 Å². The smallest absolute Gasteiger partial charge is 0.173 e. The van der Waals surface area contributed by atoms with Crippen LogP contribution in [0.5, 0.6) is 0 Å². The van der Waals surface area contributed by atoms with Crippen molar-refractivity contribution in [2.45, 2.75) is 37.8 Å². The number of carbonyl (C=O) groups is 1. The van der Waals surface area contributed by atoms with Gasteiger partial charge in [0.15, 0.2) is 5.97 Å². The minimum atomic E-state index is -0.196. The maximum Gasteiger partial charge on any atom is 0.173 e. The zero-order valence-corrected chi connectivity index (χ0v) is 29.6. The Balaban J connectivity index is 0.00000114. The minimum Gasteiger partial charge on any atom is -0.517 e. The van der Waals surface area contributed by atoms with Crippen LogP contribution in [0.2, 0.25) is 0 Å². The summed E-state index contributed by atoms with van der Waals surface area (Å²) in [4.78, 5) is 14.6. The normalized spacial score (nSPS) is 26.8. The summed E-state index contributed by atoms with van der Waals surface area (Å²) >= 11 is 1.41. The molecule has 4 atom stereocenters. The molecule has 4 nitrogen and oxygen atoms in total. The Hall–Kier alpha value is -1.30. The first-order valence-corrected chi connectivity index (χ1v) is 11.7. The van der Waals surface area contributed by atoms with Crippen molar-refractivity contribution < 1.29 is 49.4 Å². The Morgan fingerprint density at radius 3 is 2.84 bits per heavy atom. The average Bonchev–Trinajstić information content (AvgIpc) is 3.00. The Morgan fingerprint density at radius 1 is 1.29 bits per heavy atom. The van der Waals surface area contributed by atoms with Gasteiger partial charge in [-0.2, -0.15) is 5.92 Å². The van der Waals surface area contributed by atoms with Crippen LogP contribution in [0, 0.1) is 24.0 Å². The molecule has 31 heavy (non-hydrogen) atoms.